The van der Waals surface area contributed by atoms with Gasteiger partial charge in [0.2, 0.25) is 0 Å². The van der Waals surface area contributed by atoms with E-state index in [1.807, 2.05) is 25.1 Å². The molecule has 196 valence electrons. The molecule has 3 aromatic carbocycles. The normalized spacial score (nSPS) is 15.3. The number of hydrogen-bond donors (Lipinski definition) is 0. The molecule has 1 amide bonds. The van der Waals surface area contributed by atoms with E-state index in [0.29, 0.717) is 49.5 Å². The number of methoxy groups -OCH3 is 1. The van der Waals surface area contributed by atoms with E-state index in [4.69, 9.17) is 37.4 Å². The van der Waals surface area contributed by atoms with Crippen molar-refractivity contribution < 1.29 is 23.8 Å². The predicted octanol–water partition coefficient (Wildman–Crippen LogP) is 6.99. The summed E-state index contributed by atoms with van der Waals surface area (Å²) in [4.78, 5) is 31.1. The van der Waals surface area contributed by atoms with Gasteiger partial charge in [0.15, 0.2) is 16.7 Å². The van der Waals surface area contributed by atoms with E-state index in [1.165, 1.54) is 23.8 Å². The monoisotopic (exact) mass is 570 g/mol. The number of ether oxygens (including phenoxy) is 3. The summed E-state index contributed by atoms with van der Waals surface area (Å²) >= 11 is 13.4. The molecular formula is C28H24Cl2N2O5S. The molecule has 0 unspecified atom stereocenters. The molecule has 0 saturated carbocycles. The molecule has 0 radical (unpaired) electrons. The lowest BCUT2D eigenvalue weighted by Crippen LogP contribution is -2.23. The molecule has 1 fully saturated rings. The van der Waals surface area contributed by atoms with Crippen molar-refractivity contribution in [2.24, 2.45) is 4.99 Å². The van der Waals surface area contributed by atoms with Gasteiger partial charge in [-0.15, -0.1) is 0 Å². The number of thioether (sulfide) groups is 1. The van der Waals surface area contributed by atoms with Gasteiger partial charge in [-0.3, -0.25) is 9.69 Å². The highest BCUT2D eigenvalue weighted by Crippen LogP contribution is 2.35. The Hall–Kier alpha value is -3.46. The number of carbonyl (C=O) groups is 2. The molecule has 0 aliphatic carbocycles. The number of nitrogens with zero attached hydrogens (tertiary/aromatic N) is 2. The number of benzene rings is 3. The molecule has 7 nitrogen and oxygen atoms in total. The van der Waals surface area contributed by atoms with Crippen LogP contribution in [0.3, 0.4) is 0 Å². The standard InChI is InChI=1S/C28H24Cl2N2O5S/c1-4-36-24-14-17(6-12-23(24)37-16-18-5-11-21(29)22(30)13-18)15-25-26(33)32(2)28(38-25)31-20-9-7-19(8-10-20)27(34)35-3/h5-15H,4,16H2,1-3H3/b25-15-,31-28?. The van der Waals surface area contributed by atoms with Crippen molar-refractivity contribution in [3.8, 4) is 11.5 Å². The molecule has 3 aromatic rings. The smallest absolute Gasteiger partial charge is 0.337 e. The third-order valence-electron chi connectivity index (χ3n) is 5.46. The Balaban J connectivity index is 1.51. The van der Waals surface area contributed by atoms with Gasteiger partial charge in [-0.25, -0.2) is 9.79 Å². The number of carbonyl (C=O) groups excluding carboxylic acids is 2. The van der Waals surface area contributed by atoms with E-state index in [0.717, 1.165) is 11.1 Å². The average Bonchev–Trinajstić information content (AvgIpc) is 3.17. The zero-order valence-corrected chi connectivity index (χ0v) is 23.2. The van der Waals surface area contributed by atoms with Crippen LogP contribution in [0.2, 0.25) is 10.0 Å². The van der Waals surface area contributed by atoms with Gasteiger partial charge in [0, 0.05) is 7.05 Å². The quantitative estimate of drug-likeness (QED) is 0.214. The second kappa shape index (κ2) is 12.4. The van der Waals surface area contributed by atoms with Crippen molar-refractivity contribution in [2.75, 3.05) is 20.8 Å². The summed E-state index contributed by atoms with van der Waals surface area (Å²) in [6.07, 6.45) is 1.79. The van der Waals surface area contributed by atoms with Crippen LogP contribution in [-0.2, 0) is 16.1 Å². The average molecular weight is 571 g/mol. The maximum atomic E-state index is 12.9. The van der Waals surface area contributed by atoms with Crippen molar-refractivity contribution in [3.63, 3.8) is 0 Å². The number of hydrogen-bond acceptors (Lipinski definition) is 7. The van der Waals surface area contributed by atoms with Crippen LogP contribution in [0.15, 0.2) is 70.6 Å². The highest BCUT2D eigenvalue weighted by atomic mass is 35.5. The first-order valence-corrected chi connectivity index (χ1v) is 13.1. The summed E-state index contributed by atoms with van der Waals surface area (Å²) in [5, 5.41) is 1.47. The largest absolute Gasteiger partial charge is 0.490 e. The Morgan fingerprint density at radius 1 is 1.00 bits per heavy atom. The molecule has 4 rings (SSSR count). The van der Waals surface area contributed by atoms with Crippen molar-refractivity contribution >= 4 is 63.8 Å². The molecular weight excluding hydrogens is 547 g/mol. The molecule has 10 heteroatoms. The highest BCUT2D eigenvalue weighted by Gasteiger charge is 2.30. The molecule has 0 atom stereocenters. The Bertz CT molecular complexity index is 1420. The van der Waals surface area contributed by atoms with E-state index in [-0.39, 0.29) is 12.5 Å². The topological polar surface area (TPSA) is 77.4 Å². The zero-order chi connectivity index (χ0) is 27.2. The van der Waals surface area contributed by atoms with Crippen molar-refractivity contribution in [1.29, 1.82) is 0 Å². The Labute approximate surface area is 235 Å². The van der Waals surface area contributed by atoms with E-state index in [9.17, 15) is 9.59 Å². The van der Waals surface area contributed by atoms with Crippen LogP contribution in [0.25, 0.3) is 6.08 Å². The summed E-state index contributed by atoms with van der Waals surface area (Å²) < 4.78 is 16.5. The van der Waals surface area contributed by atoms with Crippen LogP contribution in [0, 0.1) is 0 Å². The van der Waals surface area contributed by atoms with Crippen LogP contribution in [0.1, 0.15) is 28.4 Å². The van der Waals surface area contributed by atoms with Gasteiger partial charge >= 0.3 is 5.97 Å². The third kappa shape index (κ3) is 6.51. The van der Waals surface area contributed by atoms with Gasteiger partial charge in [0.05, 0.1) is 39.9 Å². The first-order valence-electron chi connectivity index (χ1n) is 11.6. The molecule has 0 N–H and O–H groups in total. The molecule has 1 aliphatic rings. The summed E-state index contributed by atoms with van der Waals surface area (Å²) in [6.45, 7) is 2.63. The molecule has 1 heterocycles. The fraction of sp³-hybridized carbons (Fsp3) is 0.179. The second-order valence-electron chi connectivity index (χ2n) is 8.08. The molecule has 0 bridgehead atoms. The lowest BCUT2D eigenvalue weighted by molar-refractivity contribution is -0.121. The minimum atomic E-state index is -0.422. The fourth-order valence-corrected chi connectivity index (χ4v) is 4.80. The number of rotatable bonds is 8. The second-order valence-corrected chi connectivity index (χ2v) is 9.91. The van der Waals surface area contributed by atoms with Crippen LogP contribution in [0.5, 0.6) is 11.5 Å². The maximum Gasteiger partial charge on any atom is 0.337 e. The van der Waals surface area contributed by atoms with E-state index in [1.54, 1.807) is 55.6 Å². The van der Waals surface area contributed by atoms with E-state index < -0.39 is 5.97 Å². The summed E-state index contributed by atoms with van der Waals surface area (Å²) in [7, 11) is 3.00. The van der Waals surface area contributed by atoms with Crippen LogP contribution in [0.4, 0.5) is 5.69 Å². The minimum absolute atomic E-state index is 0.169. The van der Waals surface area contributed by atoms with E-state index in [2.05, 4.69) is 4.99 Å². The number of aliphatic imine (C=N–C) groups is 1. The SMILES string of the molecule is CCOc1cc(/C=C2\SC(=Nc3ccc(C(=O)OC)cc3)N(C)C2=O)ccc1OCc1ccc(Cl)c(Cl)c1. The zero-order valence-electron chi connectivity index (χ0n) is 20.9. The summed E-state index contributed by atoms with van der Waals surface area (Å²) in [5.74, 6) is 0.539. The Morgan fingerprint density at radius 2 is 1.76 bits per heavy atom. The Morgan fingerprint density at radius 3 is 2.45 bits per heavy atom. The summed E-state index contributed by atoms with van der Waals surface area (Å²) in [6, 6.07) is 17.5. The summed E-state index contributed by atoms with van der Waals surface area (Å²) in [5.41, 5.74) is 2.69. The molecule has 38 heavy (non-hydrogen) atoms. The van der Waals surface area contributed by atoms with Gasteiger partial charge in [0.25, 0.3) is 5.91 Å². The fourth-order valence-electron chi connectivity index (χ4n) is 3.50. The number of amidine groups is 1. The molecule has 1 aliphatic heterocycles. The third-order valence-corrected chi connectivity index (χ3v) is 7.26. The number of likely N-dealkylation sites (N-methyl/N-ethyl adjacent to an activating group) is 1. The Kier molecular flexibility index (Phi) is 8.99. The highest BCUT2D eigenvalue weighted by molar-refractivity contribution is 8.18. The lowest BCUT2D eigenvalue weighted by Gasteiger charge is -2.13. The van der Waals surface area contributed by atoms with Crippen LogP contribution < -0.4 is 9.47 Å². The first kappa shape index (κ1) is 27.6. The van der Waals surface area contributed by atoms with Gasteiger partial charge in [-0.1, -0.05) is 35.3 Å². The minimum Gasteiger partial charge on any atom is -0.490 e. The van der Waals surface area contributed by atoms with Gasteiger partial charge in [-0.05, 0) is 84.4 Å². The van der Waals surface area contributed by atoms with Gasteiger partial charge in [-0.2, -0.15) is 0 Å². The lowest BCUT2D eigenvalue weighted by atomic mass is 10.1. The van der Waals surface area contributed by atoms with Crippen LogP contribution >= 0.6 is 35.0 Å². The number of amides is 1. The predicted molar refractivity (Wildman–Crippen MR) is 152 cm³/mol. The van der Waals surface area contributed by atoms with Crippen molar-refractivity contribution in [1.82, 2.24) is 4.90 Å². The molecule has 1 saturated heterocycles. The molecule has 0 spiro atoms. The number of esters is 1. The van der Waals surface area contributed by atoms with Gasteiger partial charge < -0.3 is 14.2 Å². The first-order chi connectivity index (χ1) is 18.3. The van der Waals surface area contributed by atoms with Crippen LogP contribution in [-0.4, -0.2) is 42.7 Å². The maximum absolute atomic E-state index is 12.9. The van der Waals surface area contributed by atoms with Gasteiger partial charge in [0.1, 0.15) is 6.61 Å². The molecule has 0 aromatic heterocycles. The van der Waals surface area contributed by atoms with Crippen molar-refractivity contribution in [2.45, 2.75) is 13.5 Å². The van der Waals surface area contributed by atoms with E-state index >= 15 is 0 Å². The van der Waals surface area contributed by atoms with Crippen molar-refractivity contribution in [3.05, 3.63) is 92.3 Å². The number of halogens is 2.